The van der Waals surface area contributed by atoms with Crippen molar-refractivity contribution in [2.45, 2.75) is 30.6 Å². The zero-order valence-corrected chi connectivity index (χ0v) is 33.1. The lowest BCUT2D eigenvalue weighted by Gasteiger charge is -2.36. The van der Waals surface area contributed by atoms with Gasteiger partial charge in [0.2, 0.25) is 0 Å². The van der Waals surface area contributed by atoms with E-state index in [0.29, 0.717) is 0 Å². The summed E-state index contributed by atoms with van der Waals surface area (Å²) in [6.07, 6.45) is 13.7. The van der Waals surface area contributed by atoms with Gasteiger partial charge in [0.1, 0.15) is 0 Å². The highest BCUT2D eigenvalue weighted by Gasteiger charge is 2.52. The molecule has 0 heterocycles. The van der Waals surface area contributed by atoms with E-state index < -0.39 is 10.8 Å². The highest BCUT2D eigenvalue weighted by atomic mass is 14.5. The van der Waals surface area contributed by atoms with Gasteiger partial charge in [0.25, 0.3) is 0 Å². The first-order chi connectivity index (χ1) is 29.2. The van der Waals surface area contributed by atoms with E-state index in [0.717, 1.165) is 12.8 Å². The summed E-state index contributed by atoms with van der Waals surface area (Å²) in [6, 6.07) is 69.2. The summed E-state index contributed by atoms with van der Waals surface area (Å²) in [5.41, 5.74) is 16.2. The van der Waals surface area contributed by atoms with E-state index in [9.17, 15) is 0 Å². The normalized spacial score (nSPS) is 16.7. The minimum Gasteiger partial charge on any atom is -0.0848 e. The number of fused-ring (bicyclic) bond motifs is 6. The smallest absolute Gasteiger partial charge is 0.0714 e. The molecular weight excluding hydrogens is 709 g/mol. The van der Waals surface area contributed by atoms with Crippen LogP contribution in [0, 0.1) is 0 Å². The predicted molar refractivity (Wildman–Crippen MR) is 248 cm³/mol. The molecule has 0 amide bonds. The Morgan fingerprint density at radius 2 is 1.03 bits per heavy atom. The first-order valence-corrected chi connectivity index (χ1v) is 21.1. The van der Waals surface area contributed by atoms with Crippen LogP contribution in [0.3, 0.4) is 0 Å². The SMILES string of the molecule is CCC=CC=C1CC=CC2=C1c1cc3c(cc1C2(c1ccccc1)c1ccccc1)-c1c(cc2ccc4cccc5ccc1c2c45)C3(c1ccccc1)c1ccccc1. The van der Waals surface area contributed by atoms with Crippen molar-refractivity contribution < 1.29 is 0 Å². The van der Waals surface area contributed by atoms with Crippen molar-refractivity contribution in [1.29, 1.82) is 0 Å². The van der Waals surface area contributed by atoms with E-state index in [-0.39, 0.29) is 0 Å². The van der Waals surface area contributed by atoms with Crippen LogP contribution in [0.25, 0.3) is 49.0 Å². The minimum absolute atomic E-state index is 0.526. The van der Waals surface area contributed by atoms with Gasteiger partial charge in [-0.15, -0.1) is 0 Å². The van der Waals surface area contributed by atoms with E-state index in [1.54, 1.807) is 0 Å². The first-order valence-electron chi connectivity index (χ1n) is 21.1. The molecule has 0 atom stereocenters. The summed E-state index contributed by atoms with van der Waals surface area (Å²) >= 11 is 0. The molecule has 0 unspecified atom stereocenters. The second kappa shape index (κ2) is 13.0. The number of hydrogen-bond donors (Lipinski definition) is 0. The van der Waals surface area contributed by atoms with Crippen molar-refractivity contribution in [3.8, 4) is 11.1 Å². The van der Waals surface area contributed by atoms with Crippen molar-refractivity contribution in [1.82, 2.24) is 0 Å². The van der Waals surface area contributed by atoms with Gasteiger partial charge in [-0.25, -0.2) is 0 Å². The molecular formula is C59H42. The van der Waals surface area contributed by atoms with E-state index in [4.69, 9.17) is 0 Å². The molecule has 3 aliphatic rings. The van der Waals surface area contributed by atoms with E-state index in [1.807, 2.05) is 0 Å². The molecule has 0 bridgehead atoms. The van der Waals surface area contributed by atoms with E-state index >= 15 is 0 Å². The molecule has 0 heteroatoms. The Hall–Kier alpha value is -7.02. The highest BCUT2D eigenvalue weighted by molar-refractivity contribution is 6.27. The molecule has 0 saturated heterocycles. The summed E-state index contributed by atoms with van der Waals surface area (Å²) in [4.78, 5) is 0. The zero-order valence-electron chi connectivity index (χ0n) is 33.1. The fourth-order valence-corrected chi connectivity index (χ4v) is 11.4. The van der Waals surface area contributed by atoms with Gasteiger partial charge >= 0.3 is 0 Å². The minimum atomic E-state index is -0.561. The molecule has 0 radical (unpaired) electrons. The molecule has 0 N–H and O–H groups in total. The molecule has 0 aromatic heterocycles. The van der Waals surface area contributed by atoms with Crippen LogP contribution in [-0.4, -0.2) is 0 Å². The summed E-state index contributed by atoms with van der Waals surface area (Å²) in [7, 11) is 0. The Labute approximate surface area is 346 Å². The maximum Gasteiger partial charge on any atom is 0.0714 e. The van der Waals surface area contributed by atoms with Crippen LogP contribution in [0.1, 0.15) is 64.3 Å². The topological polar surface area (TPSA) is 0 Å². The van der Waals surface area contributed by atoms with E-state index in [2.05, 4.69) is 219 Å². The van der Waals surface area contributed by atoms with Crippen molar-refractivity contribution in [3.05, 3.63) is 268 Å². The lowest BCUT2D eigenvalue weighted by Crippen LogP contribution is -2.30. The van der Waals surface area contributed by atoms with Gasteiger partial charge in [-0.3, -0.25) is 0 Å². The zero-order chi connectivity index (χ0) is 39.1. The van der Waals surface area contributed by atoms with Crippen LogP contribution in [0.4, 0.5) is 0 Å². The van der Waals surface area contributed by atoms with E-state index in [1.165, 1.54) is 105 Å². The van der Waals surface area contributed by atoms with Gasteiger partial charge in [-0.2, -0.15) is 0 Å². The molecule has 0 aliphatic heterocycles. The molecule has 0 fully saturated rings. The van der Waals surface area contributed by atoms with Crippen molar-refractivity contribution in [3.63, 3.8) is 0 Å². The second-order valence-electron chi connectivity index (χ2n) is 16.5. The molecule has 3 aliphatic carbocycles. The molecule has 278 valence electrons. The molecule has 9 aromatic rings. The number of benzene rings is 9. The Morgan fingerprint density at radius 1 is 0.492 bits per heavy atom. The van der Waals surface area contributed by atoms with Crippen molar-refractivity contribution >= 4 is 37.9 Å². The maximum absolute atomic E-state index is 2.64. The third kappa shape index (κ3) is 4.55. The molecule has 59 heavy (non-hydrogen) atoms. The van der Waals surface area contributed by atoms with Crippen LogP contribution >= 0.6 is 0 Å². The average molecular weight is 751 g/mol. The Kier molecular flexibility index (Phi) is 7.50. The Morgan fingerprint density at radius 3 is 1.64 bits per heavy atom. The first kappa shape index (κ1) is 34.1. The molecule has 0 saturated carbocycles. The average Bonchev–Trinajstić information content (AvgIpc) is 3.76. The standard InChI is InChI=1S/C59H42/c1-2-3-8-19-39-22-18-31-50-55(39)48-37-52-49(38-51(48)58(50,43-23-9-4-10-24-43)44-25-11-5-12-26-44)57-47-35-34-41-21-17-20-40-32-33-42(56(47)54(40)41)36-53(57)59(52,45-27-13-6-14-28-45)46-29-15-7-16-30-46/h3-21,23-38H,2,22H2,1H3. The van der Waals surface area contributed by atoms with Gasteiger partial charge in [-0.1, -0.05) is 201 Å². The quantitative estimate of drug-likeness (QED) is 0.149. The summed E-state index contributed by atoms with van der Waals surface area (Å²) in [6.45, 7) is 2.21. The molecule has 0 nitrogen and oxygen atoms in total. The predicted octanol–water partition coefficient (Wildman–Crippen LogP) is 14.9. The Bertz CT molecular complexity index is 3140. The summed E-state index contributed by atoms with van der Waals surface area (Å²) < 4.78 is 0. The van der Waals surface area contributed by atoms with Crippen LogP contribution in [-0.2, 0) is 10.8 Å². The summed E-state index contributed by atoms with van der Waals surface area (Å²) in [5, 5.41) is 7.90. The van der Waals surface area contributed by atoms with Crippen LogP contribution < -0.4 is 0 Å². The van der Waals surface area contributed by atoms with Crippen LogP contribution in [0.5, 0.6) is 0 Å². The van der Waals surface area contributed by atoms with Crippen LogP contribution in [0.2, 0.25) is 0 Å². The lowest BCUT2D eigenvalue weighted by molar-refractivity contribution is 0.752. The fourth-order valence-electron chi connectivity index (χ4n) is 11.4. The van der Waals surface area contributed by atoms with Crippen molar-refractivity contribution in [2.24, 2.45) is 0 Å². The molecule has 12 rings (SSSR count). The Balaban J connectivity index is 1.30. The van der Waals surface area contributed by atoms with Crippen molar-refractivity contribution in [2.75, 3.05) is 0 Å². The maximum atomic E-state index is 2.64. The molecule has 9 aromatic carbocycles. The second-order valence-corrected chi connectivity index (χ2v) is 16.5. The number of rotatable bonds is 6. The lowest BCUT2D eigenvalue weighted by atomic mass is 9.65. The number of hydrogen-bond acceptors (Lipinski definition) is 0. The largest absolute Gasteiger partial charge is 0.0848 e. The van der Waals surface area contributed by atoms with Gasteiger partial charge in [0, 0.05) is 0 Å². The molecule has 0 spiro atoms. The van der Waals surface area contributed by atoms with Gasteiger partial charge < -0.3 is 0 Å². The highest BCUT2D eigenvalue weighted by Crippen LogP contribution is 2.64. The third-order valence-corrected chi connectivity index (χ3v) is 13.7. The fraction of sp³-hybridized carbons (Fsp3) is 0.0847. The summed E-state index contributed by atoms with van der Waals surface area (Å²) in [5.74, 6) is 0. The monoisotopic (exact) mass is 750 g/mol. The third-order valence-electron chi connectivity index (χ3n) is 13.7. The number of allylic oxidation sites excluding steroid dienone is 8. The van der Waals surface area contributed by atoms with Crippen LogP contribution in [0.15, 0.2) is 224 Å². The van der Waals surface area contributed by atoms with Gasteiger partial charge in [0.15, 0.2) is 0 Å². The van der Waals surface area contributed by atoms with Gasteiger partial charge in [0.05, 0.1) is 10.8 Å². The van der Waals surface area contributed by atoms with Gasteiger partial charge in [-0.05, 0) is 136 Å².